The van der Waals surface area contributed by atoms with Gasteiger partial charge in [-0.05, 0) is 179 Å². The summed E-state index contributed by atoms with van der Waals surface area (Å²) in [5, 5.41) is 26.7. The topological polar surface area (TPSA) is 61.7 Å². The van der Waals surface area contributed by atoms with Crippen LogP contribution in [-0.2, 0) is 0 Å². The van der Waals surface area contributed by atoms with Crippen LogP contribution in [0.2, 0.25) is 0 Å². The lowest BCUT2D eigenvalue weighted by molar-refractivity contribution is 0.475. The van der Waals surface area contributed by atoms with Crippen molar-refractivity contribution in [3.63, 3.8) is 0 Å². The fourth-order valence-corrected chi connectivity index (χ4v) is 10.9. The Labute approximate surface area is 430 Å². The van der Waals surface area contributed by atoms with Crippen LogP contribution in [0, 0.1) is 6.92 Å². The van der Waals surface area contributed by atoms with Gasteiger partial charge in [0.05, 0.1) is 27.6 Å². The lowest BCUT2D eigenvalue weighted by atomic mass is 10.1. The van der Waals surface area contributed by atoms with Crippen LogP contribution in [0.4, 0.5) is 28.4 Å². The fraction of sp³-hybridized carbons (Fsp3) is 0.0448. The van der Waals surface area contributed by atoms with Gasteiger partial charge in [-0.2, -0.15) is 0 Å². The Hall–Kier alpha value is -9.72. The van der Waals surface area contributed by atoms with Crippen molar-refractivity contribution in [2.75, 3.05) is 9.80 Å². The minimum absolute atomic E-state index is 0.200. The lowest BCUT2D eigenvalue weighted by Gasteiger charge is -2.27. The Bertz CT molecular complexity index is 4190. The highest BCUT2D eigenvalue weighted by molar-refractivity contribution is 6.14. The number of anilines is 5. The predicted molar refractivity (Wildman–Crippen MR) is 311 cm³/mol. The zero-order chi connectivity index (χ0) is 50.5. The van der Waals surface area contributed by atoms with Crippen molar-refractivity contribution in [1.82, 2.24) is 13.7 Å². The van der Waals surface area contributed by atoms with Gasteiger partial charge in [0.15, 0.2) is 0 Å². The molecule has 0 aliphatic carbocycles. The maximum Gasteiger partial charge on any atom is 0.115 e. The molecule has 0 saturated carbocycles. The van der Waals surface area contributed by atoms with Crippen LogP contribution in [0.1, 0.15) is 25.1 Å². The Morgan fingerprint density at radius 3 is 1.54 bits per heavy atom. The van der Waals surface area contributed by atoms with Crippen molar-refractivity contribution in [1.29, 1.82) is 0 Å². The van der Waals surface area contributed by atoms with E-state index in [2.05, 4.69) is 220 Å². The fourth-order valence-electron chi connectivity index (χ4n) is 10.9. The summed E-state index contributed by atoms with van der Waals surface area (Å²) in [7, 11) is 0. The number of aromatic hydroxyl groups is 2. The van der Waals surface area contributed by atoms with Gasteiger partial charge in [0.2, 0.25) is 0 Å². The van der Waals surface area contributed by atoms with Crippen molar-refractivity contribution < 1.29 is 10.2 Å². The molecule has 0 radical (unpaired) electrons. The minimum atomic E-state index is 0.200. The third-order valence-electron chi connectivity index (χ3n) is 14.2. The molecule has 3 aromatic heterocycles. The molecule has 0 spiro atoms. The molecule has 74 heavy (non-hydrogen) atoms. The van der Waals surface area contributed by atoms with Crippen molar-refractivity contribution >= 4 is 94.7 Å². The van der Waals surface area contributed by atoms with E-state index in [1.807, 2.05) is 49.4 Å². The molecular weight excluding hydrogens is 907 g/mol. The normalized spacial score (nSPS) is 12.3. The van der Waals surface area contributed by atoms with Gasteiger partial charge in [-0.15, -0.1) is 0 Å². The molecule has 358 valence electrons. The molecule has 0 amide bonds. The predicted octanol–water partition coefficient (Wildman–Crippen LogP) is 17.8. The molecule has 9 aromatic carbocycles. The van der Waals surface area contributed by atoms with Gasteiger partial charge in [-0.3, -0.25) is 0 Å². The molecule has 12 rings (SSSR count). The highest BCUT2D eigenvalue weighted by atomic mass is 16.3. The van der Waals surface area contributed by atoms with Crippen LogP contribution < -0.4 is 9.80 Å². The lowest BCUT2D eigenvalue weighted by Crippen LogP contribution is -2.14. The summed E-state index contributed by atoms with van der Waals surface area (Å²) in [4.78, 5) is 4.55. The van der Waals surface area contributed by atoms with Gasteiger partial charge in [-0.1, -0.05) is 91.5 Å². The van der Waals surface area contributed by atoms with E-state index in [0.29, 0.717) is 0 Å². The van der Waals surface area contributed by atoms with E-state index in [-0.39, 0.29) is 11.5 Å². The summed E-state index contributed by atoms with van der Waals surface area (Å²) in [6, 6.07) is 73.2. The molecule has 7 nitrogen and oxygen atoms in total. The van der Waals surface area contributed by atoms with Crippen LogP contribution >= 0.6 is 0 Å². The molecule has 12 aromatic rings. The van der Waals surface area contributed by atoms with Gasteiger partial charge < -0.3 is 33.7 Å². The molecule has 0 saturated heterocycles. The molecule has 0 aliphatic heterocycles. The summed E-state index contributed by atoms with van der Waals surface area (Å²) in [6.07, 6.45) is 10.4. The summed E-state index contributed by atoms with van der Waals surface area (Å²) >= 11 is 0. The second-order valence-corrected chi connectivity index (χ2v) is 18.6. The third kappa shape index (κ3) is 7.79. The van der Waals surface area contributed by atoms with Crippen molar-refractivity contribution in [3.05, 3.63) is 260 Å². The molecule has 0 fully saturated rings. The summed E-state index contributed by atoms with van der Waals surface area (Å²) in [5.74, 6) is 0.405. The van der Waals surface area contributed by atoms with E-state index in [4.69, 9.17) is 0 Å². The first-order valence-electron chi connectivity index (χ1n) is 24.9. The van der Waals surface area contributed by atoms with E-state index in [1.54, 1.807) is 24.3 Å². The number of allylic oxidation sites excluding steroid dienone is 6. The SMILES string of the molecule is C=C/C(=C\C=C/C)n1c2ccccc2c2cc(N(c3ccc(O)cc3)c3ccc4c(c3)c3cc(N(/C(C)=C/c5c(C)n(-c6ccccc6)c6ccccc56)c5ccc(O)cc5)ccc3n4-c3ccccc3)ccc21. The van der Waals surface area contributed by atoms with Crippen LogP contribution in [0.15, 0.2) is 249 Å². The highest BCUT2D eigenvalue weighted by Gasteiger charge is 2.23. The smallest absolute Gasteiger partial charge is 0.115 e. The maximum atomic E-state index is 10.6. The summed E-state index contributed by atoms with van der Waals surface area (Å²) in [5.41, 5.74) is 16.6. The van der Waals surface area contributed by atoms with Crippen molar-refractivity contribution in [2.45, 2.75) is 20.8 Å². The van der Waals surface area contributed by atoms with Crippen LogP contribution in [0.5, 0.6) is 11.5 Å². The second-order valence-electron chi connectivity index (χ2n) is 18.6. The number of aromatic nitrogens is 3. The molecule has 0 bridgehead atoms. The van der Waals surface area contributed by atoms with Crippen molar-refractivity contribution in [3.8, 4) is 22.9 Å². The van der Waals surface area contributed by atoms with Gasteiger partial charge in [0, 0.05) is 89.4 Å². The Balaban J connectivity index is 1.07. The number of phenolic OH excluding ortho intramolecular Hbond substituents is 2. The number of phenols is 2. The quantitative estimate of drug-likeness (QED) is 0.120. The number of rotatable bonds is 12. The number of hydrogen-bond acceptors (Lipinski definition) is 4. The number of para-hydroxylation sites is 4. The van der Waals surface area contributed by atoms with Gasteiger partial charge in [-0.25, -0.2) is 0 Å². The first kappa shape index (κ1) is 45.4. The first-order chi connectivity index (χ1) is 36.3. The number of hydrogen-bond donors (Lipinski definition) is 2. The third-order valence-corrected chi connectivity index (χ3v) is 14.2. The minimum Gasteiger partial charge on any atom is -0.508 e. The number of fused-ring (bicyclic) bond motifs is 7. The average molecular weight is 960 g/mol. The van der Waals surface area contributed by atoms with Gasteiger partial charge in [0.25, 0.3) is 0 Å². The first-order valence-corrected chi connectivity index (χ1v) is 24.9. The van der Waals surface area contributed by atoms with Crippen molar-refractivity contribution in [2.24, 2.45) is 0 Å². The Kier molecular flexibility index (Phi) is 11.5. The summed E-state index contributed by atoms with van der Waals surface area (Å²) < 4.78 is 6.95. The molecule has 7 heteroatoms. The molecule has 2 N–H and O–H groups in total. The number of nitrogens with zero attached hydrogens (tertiary/aromatic N) is 5. The highest BCUT2D eigenvalue weighted by Crippen LogP contribution is 2.44. The molecular formula is C67H53N5O2. The second kappa shape index (κ2) is 18.8. The average Bonchev–Trinajstić information content (AvgIpc) is 4.05. The van der Waals surface area contributed by atoms with Gasteiger partial charge >= 0.3 is 0 Å². The largest absolute Gasteiger partial charge is 0.508 e. The Morgan fingerprint density at radius 1 is 0.473 bits per heavy atom. The van der Waals surface area contributed by atoms with Crippen LogP contribution in [-0.4, -0.2) is 23.9 Å². The van der Waals surface area contributed by atoms with Gasteiger partial charge in [0.1, 0.15) is 11.5 Å². The standard InChI is InChI=1S/C67H53N5O2/c1-5-7-18-47(6-2)71-64-26-17-15-24-58(64)60-43-53(32-39-65(60)71)70(51-29-36-56(74)37-30-51)54-33-40-67-62(44-54)61-42-52(31-38-66(61)72(67)49-21-12-9-13-22-49)68(50-27-34-55(73)35-28-50)45(3)41-59-46(4)69(48-19-10-8-11-20-48)63-25-16-14-23-57(59)63/h5-44,73-74H,2H2,1,3-4H3/b7-5-,45-41+,47-18+. The van der Waals surface area contributed by atoms with E-state index in [1.165, 1.54) is 5.39 Å². The zero-order valence-electron chi connectivity index (χ0n) is 41.4. The number of benzene rings is 9. The summed E-state index contributed by atoms with van der Waals surface area (Å²) in [6.45, 7) is 10.6. The Morgan fingerprint density at radius 2 is 0.932 bits per heavy atom. The van der Waals surface area contributed by atoms with E-state index in [0.717, 1.165) is 112 Å². The zero-order valence-corrected chi connectivity index (χ0v) is 41.4. The molecule has 3 heterocycles. The van der Waals surface area contributed by atoms with E-state index >= 15 is 0 Å². The molecule has 0 unspecified atom stereocenters. The van der Waals surface area contributed by atoms with Crippen LogP contribution in [0.25, 0.3) is 77.7 Å². The monoisotopic (exact) mass is 959 g/mol. The van der Waals surface area contributed by atoms with Crippen LogP contribution in [0.3, 0.4) is 0 Å². The van der Waals surface area contributed by atoms with E-state index in [9.17, 15) is 10.2 Å². The molecule has 0 atom stereocenters. The maximum absolute atomic E-state index is 10.6. The van der Waals surface area contributed by atoms with E-state index < -0.39 is 0 Å². The molecule has 0 aliphatic rings.